The minimum atomic E-state index is -0.394. The van der Waals surface area contributed by atoms with Crippen molar-refractivity contribution >= 4 is 16.7 Å². The molecule has 2 N–H and O–H groups in total. The number of aromatic nitrogens is 2. The van der Waals surface area contributed by atoms with E-state index in [2.05, 4.69) is 4.98 Å². The Morgan fingerprint density at radius 1 is 1.05 bits per heavy atom. The van der Waals surface area contributed by atoms with Crippen LogP contribution in [0.4, 0.5) is 14.5 Å². The van der Waals surface area contributed by atoms with Crippen LogP contribution in [0, 0.1) is 11.6 Å². The van der Waals surface area contributed by atoms with Gasteiger partial charge in [0.15, 0.2) is 0 Å². The maximum Gasteiger partial charge on any atom is 0.143 e. The highest BCUT2D eigenvalue weighted by Gasteiger charge is 2.17. The largest absolute Gasteiger partial charge is 0.398 e. The highest BCUT2D eigenvalue weighted by molar-refractivity contribution is 5.83. The Labute approximate surface area is 121 Å². The number of fused-ring (bicyclic) bond motifs is 1. The van der Waals surface area contributed by atoms with Crippen LogP contribution >= 0.6 is 0 Å². The fourth-order valence-corrected chi connectivity index (χ4v) is 2.52. The summed E-state index contributed by atoms with van der Waals surface area (Å²) in [5, 5.41) is 0. The molecule has 1 aromatic heterocycles. The van der Waals surface area contributed by atoms with Gasteiger partial charge in [0.1, 0.15) is 17.5 Å². The summed E-state index contributed by atoms with van der Waals surface area (Å²) in [4.78, 5) is 4.53. The number of nitrogen functional groups attached to an aromatic ring is 1. The molecule has 0 amide bonds. The van der Waals surface area contributed by atoms with Gasteiger partial charge in [0, 0.05) is 17.3 Å². The molecule has 108 valence electrons. The van der Waals surface area contributed by atoms with Crippen molar-refractivity contribution in [2.24, 2.45) is 0 Å². The fraction of sp³-hybridized carbons (Fsp3) is 0.188. The van der Waals surface area contributed by atoms with Crippen molar-refractivity contribution in [2.75, 3.05) is 5.73 Å². The molecule has 21 heavy (non-hydrogen) atoms. The van der Waals surface area contributed by atoms with Crippen LogP contribution in [0.2, 0.25) is 0 Å². The van der Waals surface area contributed by atoms with Crippen molar-refractivity contribution < 1.29 is 8.78 Å². The van der Waals surface area contributed by atoms with Crippen molar-refractivity contribution in [3.8, 4) is 11.4 Å². The Bertz CT molecular complexity index is 822. The van der Waals surface area contributed by atoms with Crippen molar-refractivity contribution in [3.63, 3.8) is 0 Å². The summed E-state index contributed by atoms with van der Waals surface area (Å²) < 4.78 is 28.6. The van der Waals surface area contributed by atoms with Crippen molar-refractivity contribution in [1.82, 2.24) is 9.55 Å². The number of rotatable bonds is 2. The third kappa shape index (κ3) is 2.24. The summed E-state index contributed by atoms with van der Waals surface area (Å²) >= 11 is 0. The number of hydrogen-bond acceptors (Lipinski definition) is 2. The van der Waals surface area contributed by atoms with Crippen LogP contribution in [0.25, 0.3) is 22.4 Å². The van der Waals surface area contributed by atoms with Crippen molar-refractivity contribution in [1.29, 1.82) is 0 Å². The van der Waals surface area contributed by atoms with E-state index in [4.69, 9.17) is 5.73 Å². The summed E-state index contributed by atoms with van der Waals surface area (Å²) in [7, 11) is 0. The van der Waals surface area contributed by atoms with Crippen molar-refractivity contribution in [3.05, 3.63) is 48.0 Å². The van der Waals surface area contributed by atoms with Gasteiger partial charge in [-0.3, -0.25) is 0 Å². The van der Waals surface area contributed by atoms with E-state index >= 15 is 0 Å². The Morgan fingerprint density at radius 3 is 2.38 bits per heavy atom. The predicted octanol–water partition coefficient (Wildman–Crippen LogP) is 4.14. The lowest BCUT2D eigenvalue weighted by molar-refractivity contribution is 0.613. The van der Waals surface area contributed by atoms with E-state index in [9.17, 15) is 8.78 Å². The van der Waals surface area contributed by atoms with Crippen LogP contribution in [0.15, 0.2) is 36.4 Å². The molecule has 0 atom stereocenters. The van der Waals surface area contributed by atoms with Crippen molar-refractivity contribution in [2.45, 2.75) is 19.9 Å². The molecule has 3 aromatic rings. The monoisotopic (exact) mass is 287 g/mol. The first-order valence-electron chi connectivity index (χ1n) is 6.70. The number of anilines is 1. The number of nitrogens with two attached hydrogens (primary N) is 1. The minimum Gasteiger partial charge on any atom is -0.398 e. The Balaban J connectivity index is 2.34. The summed E-state index contributed by atoms with van der Waals surface area (Å²) in [5.41, 5.74) is 8.24. The van der Waals surface area contributed by atoms with Crippen LogP contribution in [0.5, 0.6) is 0 Å². The molecule has 0 saturated heterocycles. The SMILES string of the molecule is CC(C)n1c(-c2ccc(F)cc2N)nc2ccc(F)cc21. The van der Waals surface area contributed by atoms with E-state index in [1.165, 1.54) is 24.3 Å². The zero-order valence-corrected chi connectivity index (χ0v) is 11.8. The summed E-state index contributed by atoms with van der Waals surface area (Å²) in [6.45, 7) is 3.96. The van der Waals surface area contributed by atoms with E-state index in [0.717, 1.165) is 0 Å². The summed E-state index contributed by atoms with van der Waals surface area (Å²) in [6.07, 6.45) is 0. The van der Waals surface area contributed by atoms with Gasteiger partial charge in [0.2, 0.25) is 0 Å². The van der Waals surface area contributed by atoms with E-state index in [1.807, 2.05) is 18.4 Å². The van der Waals surface area contributed by atoms with E-state index in [1.54, 1.807) is 12.1 Å². The lowest BCUT2D eigenvalue weighted by Gasteiger charge is -2.14. The molecule has 3 rings (SSSR count). The second-order valence-electron chi connectivity index (χ2n) is 5.26. The lowest BCUT2D eigenvalue weighted by Crippen LogP contribution is -2.04. The zero-order valence-electron chi connectivity index (χ0n) is 11.8. The van der Waals surface area contributed by atoms with Crippen LogP contribution < -0.4 is 5.73 Å². The zero-order chi connectivity index (χ0) is 15.1. The Morgan fingerprint density at radius 2 is 1.71 bits per heavy atom. The van der Waals surface area contributed by atoms with Gasteiger partial charge in [-0.2, -0.15) is 0 Å². The normalized spacial score (nSPS) is 11.5. The third-order valence-electron chi connectivity index (χ3n) is 3.42. The van der Waals surface area contributed by atoms with Gasteiger partial charge < -0.3 is 10.3 Å². The fourth-order valence-electron chi connectivity index (χ4n) is 2.52. The number of halogens is 2. The van der Waals surface area contributed by atoms with Gasteiger partial charge in [-0.25, -0.2) is 13.8 Å². The van der Waals surface area contributed by atoms with E-state index in [-0.39, 0.29) is 11.9 Å². The van der Waals surface area contributed by atoms with Crippen LogP contribution in [-0.2, 0) is 0 Å². The van der Waals surface area contributed by atoms with E-state index < -0.39 is 5.82 Å². The lowest BCUT2D eigenvalue weighted by atomic mass is 10.1. The molecule has 2 aromatic carbocycles. The Kier molecular flexibility index (Phi) is 3.12. The number of hydrogen-bond donors (Lipinski definition) is 1. The van der Waals surface area contributed by atoms with Gasteiger partial charge in [0.25, 0.3) is 0 Å². The molecule has 3 nitrogen and oxygen atoms in total. The van der Waals surface area contributed by atoms with Crippen LogP contribution in [0.3, 0.4) is 0 Å². The number of benzene rings is 2. The van der Waals surface area contributed by atoms with Gasteiger partial charge in [-0.1, -0.05) is 0 Å². The van der Waals surface area contributed by atoms with Gasteiger partial charge in [-0.05, 0) is 50.2 Å². The third-order valence-corrected chi connectivity index (χ3v) is 3.42. The van der Waals surface area contributed by atoms with E-state index in [0.29, 0.717) is 28.1 Å². The first kappa shape index (κ1) is 13.5. The quantitative estimate of drug-likeness (QED) is 0.720. The highest BCUT2D eigenvalue weighted by Crippen LogP contribution is 2.32. The number of nitrogens with zero attached hydrogens (tertiary/aromatic N) is 2. The van der Waals surface area contributed by atoms with Gasteiger partial charge in [-0.15, -0.1) is 0 Å². The molecular formula is C16H15F2N3. The molecule has 0 aliphatic rings. The standard InChI is InChI=1S/C16H15F2N3/c1-9(2)21-15-8-11(18)4-6-14(15)20-16(21)12-5-3-10(17)7-13(12)19/h3-9H,19H2,1-2H3. The first-order chi connectivity index (χ1) is 9.97. The molecular weight excluding hydrogens is 272 g/mol. The van der Waals surface area contributed by atoms with Gasteiger partial charge in [0.05, 0.1) is 11.0 Å². The van der Waals surface area contributed by atoms with Crippen LogP contribution in [0.1, 0.15) is 19.9 Å². The molecule has 0 fully saturated rings. The minimum absolute atomic E-state index is 0.0660. The topological polar surface area (TPSA) is 43.8 Å². The molecule has 0 aliphatic heterocycles. The average molecular weight is 287 g/mol. The van der Waals surface area contributed by atoms with Crippen LogP contribution in [-0.4, -0.2) is 9.55 Å². The van der Waals surface area contributed by atoms with Gasteiger partial charge >= 0.3 is 0 Å². The molecule has 0 saturated carbocycles. The smallest absolute Gasteiger partial charge is 0.143 e. The maximum atomic E-state index is 13.5. The molecule has 0 spiro atoms. The maximum absolute atomic E-state index is 13.5. The molecule has 5 heteroatoms. The second-order valence-corrected chi connectivity index (χ2v) is 5.26. The number of imidazole rings is 1. The molecule has 1 heterocycles. The summed E-state index contributed by atoms with van der Waals surface area (Å²) in [6, 6.07) is 8.73. The summed E-state index contributed by atoms with van der Waals surface area (Å²) in [5.74, 6) is -0.0967. The highest BCUT2D eigenvalue weighted by atomic mass is 19.1. The predicted molar refractivity (Wildman–Crippen MR) is 79.9 cm³/mol. The Hall–Kier alpha value is -2.43. The molecule has 0 radical (unpaired) electrons. The first-order valence-corrected chi connectivity index (χ1v) is 6.70. The second kappa shape index (κ2) is 4.84. The molecule has 0 bridgehead atoms. The average Bonchev–Trinajstić information content (AvgIpc) is 2.76. The molecule has 0 aliphatic carbocycles. The molecule has 0 unspecified atom stereocenters.